The summed E-state index contributed by atoms with van der Waals surface area (Å²) in [6, 6.07) is 8.16. The van der Waals surface area contributed by atoms with Gasteiger partial charge in [-0.3, -0.25) is 4.79 Å². The van der Waals surface area contributed by atoms with Gasteiger partial charge >= 0.3 is 11.9 Å². The molecule has 1 aromatic rings. The van der Waals surface area contributed by atoms with Gasteiger partial charge in [0, 0.05) is 23.7 Å². The monoisotopic (exact) mass is 569 g/mol. The Morgan fingerprint density at radius 2 is 1.93 bits per heavy atom. The van der Waals surface area contributed by atoms with Crippen LogP contribution in [0.5, 0.6) is 0 Å². The summed E-state index contributed by atoms with van der Waals surface area (Å²) in [6.07, 6.45) is 0.878. The highest BCUT2D eigenvalue weighted by molar-refractivity contribution is 5.89. The molecule has 3 heterocycles. The number of aliphatic hydroxyl groups is 2. The molecule has 1 aromatic carbocycles. The standard InChI is InChI=1S/C32H43NO8/c1-7-25(35)40-23-17-22-19(2)13-16-32(37,30(22,4)5)27-26-29(39-20(3)34)41-24(14-15-31(23,26)6)33(27)18-38-28(36)21-11-9-8-10-12-21/h7-12,23-27,29,35,37H,1,13-18H2,2-6H3. The van der Waals surface area contributed by atoms with E-state index in [9.17, 15) is 19.8 Å². The van der Waals surface area contributed by atoms with Gasteiger partial charge in [-0.1, -0.05) is 56.7 Å². The number of carbonyl (C=O) groups is 2. The summed E-state index contributed by atoms with van der Waals surface area (Å²) in [7, 11) is 0. The quantitative estimate of drug-likeness (QED) is 0.282. The van der Waals surface area contributed by atoms with Gasteiger partial charge in [0.25, 0.3) is 0 Å². The maximum atomic E-state index is 13.0. The summed E-state index contributed by atoms with van der Waals surface area (Å²) in [6.45, 7) is 13.2. The van der Waals surface area contributed by atoms with Crippen LogP contribution in [0.15, 0.2) is 54.1 Å². The van der Waals surface area contributed by atoms with Crippen LogP contribution in [0.1, 0.15) is 77.1 Å². The van der Waals surface area contributed by atoms with Gasteiger partial charge in [0.15, 0.2) is 6.29 Å². The van der Waals surface area contributed by atoms with E-state index in [0.29, 0.717) is 37.7 Å². The maximum Gasteiger partial charge on any atom is 0.339 e. The predicted molar refractivity (Wildman–Crippen MR) is 150 cm³/mol. The molecule has 0 radical (unpaired) electrons. The largest absolute Gasteiger partial charge is 0.446 e. The average Bonchev–Trinajstić information content (AvgIpc) is 3.15. The molecule has 8 atom stereocenters. The van der Waals surface area contributed by atoms with Crippen LogP contribution in [0, 0.1) is 16.7 Å². The fraction of sp³-hybridized carbons (Fsp3) is 0.625. The zero-order valence-electron chi connectivity index (χ0n) is 24.7. The van der Waals surface area contributed by atoms with Crippen molar-refractivity contribution in [3.8, 4) is 0 Å². The number of ether oxygens (including phenoxy) is 4. The summed E-state index contributed by atoms with van der Waals surface area (Å²) in [5, 5.41) is 23.5. The molecule has 5 aliphatic rings. The molecule has 0 spiro atoms. The van der Waals surface area contributed by atoms with Crippen molar-refractivity contribution in [2.24, 2.45) is 16.7 Å². The fourth-order valence-electron chi connectivity index (χ4n) is 7.95. The molecule has 6 bridgehead atoms. The Kier molecular flexibility index (Phi) is 7.98. The van der Waals surface area contributed by atoms with Crippen molar-refractivity contribution in [3.05, 3.63) is 59.7 Å². The minimum absolute atomic E-state index is 0.111. The number of rotatable bonds is 7. The van der Waals surface area contributed by atoms with Crippen LogP contribution >= 0.6 is 0 Å². The van der Waals surface area contributed by atoms with Crippen molar-refractivity contribution < 1.29 is 38.7 Å². The normalized spacial score (nSPS) is 36.9. The molecule has 2 aliphatic carbocycles. The Bertz CT molecular complexity index is 1210. The van der Waals surface area contributed by atoms with Crippen LogP contribution in [0.25, 0.3) is 0 Å². The summed E-state index contributed by atoms with van der Waals surface area (Å²) in [5.41, 5.74) is 0.0261. The summed E-state index contributed by atoms with van der Waals surface area (Å²) >= 11 is 0. The van der Waals surface area contributed by atoms with Gasteiger partial charge in [-0.05, 0) is 57.2 Å². The number of carbonyl (C=O) groups excluding carboxylic acids is 2. The van der Waals surface area contributed by atoms with Crippen molar-refractivity contribution in [3.63, 3.8) is 0 Å². The predicted octanol–water partition coefficient (Wildman–Crippen LogP) is 4.29. The molecule has 41 heavy (non-hydrogen) atoms. The molecule has 4 fully saturated rings. The van der Waals surface area contributed by atoms with Gasteiger partial charge in [-0.15, -0.1) is 0 Å². The highest BCUT2D eigenvalue weighted by Gasteiger charge is 2.69. The molecule has 9 heteroatoms. The van der Waals surface area contributed by atoms with E-state index in [1.807, 2.05) is 24.8 Å². The highest BCUT2D eigenvalue weighted by Crippen LogP contribution is 2.63. The van der Waals surface area contributed by atoms with Gasteiger partial charge in [-0.2, -0.15) is 0 Å². The number of esters is 2. The number of hydrogen-bond acceptors (Lipinski definition) is 9. The third-order valence-electron chi connectivity index (χ3n) is 10.3. The van der Waals surface area contributed by atoms with E-state index in [4.69, 9.17) is 18.9 Å². The molecule has 6 rings (SSSR count). The summed E-state index contributed by atoms with van der Waals surface area (Å²) in [5.74, 6) is -1.53. The Morgan fingerprint density at radius 1 is 1.22 bits per heavy atom. The average molecular weight is 570 g/mol. The molecule has 1 saturated carbocycles. The molecule has 8 unspecified atom stereocenters. The summed E-state index contributed by atoms with van der Waals surface area (Å²) in [4.78, 5) is 27.3. The SMILES string of the molecule is C=CC(O)OC1CC2=C(C)CCC(O)(C3C4C(OC(C)=O)OC(CCC14C)N3COC(=O)c1ccccc1)C2(C)C. The number of hydrogen-bond donors (Lipinski definition) is 2. The van der Waals surface area contributed by atoms with E-state index in [1.54, 1.807) is 24.3 Å². The number of benzene rings is 1. The lowest BCUT2D eigenvalue weighted by atomic mass is 9.50. The smallest absolute Gasteiger partial charge is 0.339 e. The van der Waals surface area contributed by atoms with Crippen LogP contribution < -0.4 is 0 Å². The minimum Gasteiger partial charge on any atom is -0.446 e. The van der Waals surface area contributed by atoms with Gasteiger partial charge in [0.1, 0.15) is 13.0 Å². The first-order chi connectivity index (χ1) is 19.3. The number of allylic oxidation sites excluding steroid dienone is 1. The third-order valence-corrected chi connectivity index (χ3v) is 10.3. The lowest BCUT2D eigenvalue weighted by Crippen LogP contribution is -2.74. The van der Waals surface area contributed by atoms with E-state index in [1.165, 1.54) is 18.6 Å². The second kappa shape index (κ2) is 10.9. The molecule has 9 nitrogen and oxygen atoms in total. The van der Waals surface area contributed by atoms with Crippen molar-refractivity contribution >= 4 is 11.9 Å². The number of fused-ring (bicyclic) bond motifs is 4. The molecule has 2 N–H and O–H groups in total. The van der Waals surface area contributed by atoms with Gasteiger partial charge in [-0.25, -0.2) is 9.69 Å². The van der Waals surface area contributed by atoms with Crippen molar-refractivity contribution in [1.29, 1.82) is 0 Å². The van der Waals surface area contributed by atoms with Crippen LogP contribution in [0.3, 0.4) is 0 Å². The topological polar surface area (TPSA) is 115 Å². The number of nitrogens with zero attached hydrogens (tertiary/aromatic N) is 1. The van der Waals surface area contributed by atoms with Crippen molar-refractivity contribution in [1.82, 2.24) is 4.90 Å². The Hall–Kier alpha value is -2.56. The maximum absolute atomic E-state index is 13.0. The number of aliphatic hydroxyl groups excluding tert-OH is 1. The first kappa shape index (κ1) is 29.9. The second-order valence-corrected chi connectivity index (χ2v) is 12.8. The minimum atomic E-state index is -1.28. The first-order valence-corrected chi connectivity index (χ1v) is 14.5. The molecular weight excluding hydrogens is 526 g/mol. The second-order valence-electron chi connectivity index (χ2n) is 12.8. The molecule has 3 saturated heterocycles. The van der Waals surface area contributed by atoms with E-state index in [-0.39, 0.29) is 6.73 Å². The fourth-order valence-corrected chi connectivity index (χ4v) is 7.95. The molecular formula is C32H43NO8. The van der Waals surface area contributed by atoms with Gasteiger partial charge in [0.05, 0.1) is 23.3 Å². The van der Waals surface area contributed by atoms with Crippen LogP contribution in [-0.2, 0) is 23.7 Å². The molecule has 224 valence electrons. The van der Waals surface area contributed by atoms with E-state index < -0.39 is 65.2 Å². The van der Waals surface area contributed by atoms with Gasteiger partial charge in [0.2, 0.25) is 6.29 Å². The molecule has 0 amide bonds. The third kappa shape index (κ3) is 4.95. The Labute approximate surface area is 242 Å². The van der Waals surface area contributed by atoms with Crippen LogP contribution in [0.2, 0.25) is 0 Å². The lowest BCUT2D eigenvalue weighted by Gasteiger charge is -2.63. The van der Waals surface area contributed by atoms with Crippen molar-refractivity contribution in [2.75, 3.05) is 6.73 Å². The van der Waals surface area contributed by atoms with Crippen molar-refractivity contribution in [2.45, 2.75) is 103 Å². The Morgan fingerprint density at radius 3 is 2.59 bits per heavy atom. The highest BCUT2D eigenvalue weighted by atomic mass is 16.7. The van der Waals surface area contributed by atoms with Crippen LogP contribution in [-0.4, -0.2) is 70.3 Å². The molecule has 0 aromatic heterocycles. The van der Waals surface area contributed by atoms with Crippen LogP contribution in [0.4, 0.5) is 0 Å². The van der Waals surface area contributed by atoms with E-state index >= 15 is 0 Å². The lowest BCUT2D eigenvalue weighted by molar-refractivity contribution is -0.325. The Balaban J connectivity index is 1.66. The van der Waals surface area contributed by atoms with Gasteiger partial charge < -0.3 is 29.2 Å². The van der Waals surface area contributed by atoms with E-state index in [2.05, 4.69) is 20.4 Å². The zero-order chi connectivity index (χ0) is 29.7. The zero-order valence-corrected chi connectivity index (χ0v) is 24.7. The van der Waals surface area contributed by atoms with E-state index in [0.717, 1.165) is 5.57 Å². The summed E-state index contributed by atoms with van der Waals surface area (Å²) < 4.78 is 24.5. The molecule has 3 aliphatic heterocycles. The first-order valence-electron chi connectivity index (χ1n) is 14.5.